The summed E-state index contributed by atoms with van der Waals surface area (Å²) in [7, 11) is 0. The molecule has 3 heterocycles. The zero-order chi connectivity index (χ0) is 23.4. The first-order chi connectivity index (χ1) is 15.9. The van der Waals surface area contributed by atoms with E-state index in [0.717, 1.165) is 43.2 Å². The van der Waals surface area contributed by atoms with Crippen LogP contribution in [0.25, 0.3) is 0 Å². The normalized spacial score (nSPS) is 17.4. The SMILES string of the molecule is CC(=O)N1CCN(C(=O)c2cccc(CSc3nc(Cl)cc(N4CCC(C)CC4)n3)c2)CC1. The van der Waals surface area contributed by atoms with Gasteiger partial charge < -0.3 is 14.7 Å². The lowest BCUT2D eigenvalue weighted by molar-refractivity contribution is -0.130. The van der Waals surface area contributed by atoms with Crippen LogP contribution in [0.3, 0.4) is 0 Å². The highest BCUT2D eigenvalue weighted by Gasteiger charge is 2.23. The van der Waals surface area contributed by atoms with Gasteiger partial charge in [-0.3, -0.25) is 9.59 Å². The van der Waals surface area contributed by atoms with Gasteiger partial charge in [-0.25, -0.2) is 9.97 Å². The maximum absolute atomic E-state index is 13.0. The lowest BCUT2D eigenvalue weighted by Crippen LogP contribution is -2.50. The fourth-order valence-corrected chi connectivity index (χ4v) is 5.22. The molecule has 0 bridgehead atoms. The fourth-order valence-electron chi connectivity index (χ4n) is 4.20. The number of carbonyl (C=O) groups excluding carboxylic acids is 2. The number of piperidine rings is 1. The Bertz CT molecular complexity index is 1000. The van der Waals surface area contributed by atoms with Crippen LogP contribution in [0.2, 0.25) is 5.15 Å². The molecule has 0 saturated carbocycles. The Balaban J connectivity index is 1.38. The molecule has 1 aromatic heterocycles. The Morgan fingerprint density at radius 3 is 2.42 bits per heavy atom. The second-order valence-electron chi connectivity index (χ2n) is 8.79. The van der Waals surface area contributed by atoms with Crippen LogP contribution in [0.1, 0.15) is 42.6 Å². The number of hydrogen-bond acceptors (Lipinski definition) is 6. The van der Waals surface area contributed by atoms with E-state index in [0.29, 0.717) is 47.8 Å². The van der Waals surface area contributed by atoms with E-state index in [4.69, 9.17) is 16.6 Å². The first-order valence-corrected chi connectivity index (χ1v) is 12.8. The van der Waals surface area contributed by atoms with Crippen LogP contribution < -0.4 is 4.90 Å². The largest absolute Gasteiger partial charge is 0.356 e. The summed E-state index contributed by atoms with van der Waals surface area (Å²) in [6.45, 7) is 8.13. The van der Waals surface area contributed by atoms with Crippen LogP contribution in [0.4, 0.5) is 5.82 Å². The van der Waals surface area contributed by atoms with Crippen LogP contribution in [0, 0.1) is 5.92 Å². The van der Waals surface area contributed by atoms with Gasteiger partial charge in [-0.05, 0) is 36.5 Å². The average Bonchev–Trinajstić information content (AvgIpc) is 2.82. The van der Waals surface area contributed by atoms with Crippen molar-refractivity contribution < 1.29 is 9.59 Å². The molecule has 2 aromatic rings. The Kier molecular flexibility index (Phi) is 7.75. The van der Waals surface area contributed by atoms with Crippen molar-refractivity contribution in [3.63, 3.8) is 0 Å². The third kappa shape index (κ3) is 6.18. The molecule has 0 aliphatic carbocycles. The molecule has 176 valence electrons. The molecule has 2 aliphatic rings. The van der Waals surface area contributed by atoms with Crippen LogP contribution in [-0.2, 0) is 10.5 Å². The number of benzene rings is 1. The van der Waals surface area contributed by atoms with Gasteiger partial charge in [0, 0.05) is 63.6 Å². The van der Waals surface area contributed by atoms with Gasteiger partial charge in [-0.15, -0.1) is 0 Å². The maximum Gasteiger partial charge on any atom is 0.253 e. The quantitative estimate of drug-likeness (QED) is 0.361. The van der Waals surface area contributed by atoms with Crippen molar-refractivity contribution in [3.8, 4) is 0 Å². The van der Waals surface area contributed by atoms with Gasteiger partial charge in [0.05, 0.1) is 0 Å². The summed E-state index contributed by atoms with van der Waals surface area (Å²) >= 11 is 7.82. The van der Waals surface area contributed by atoms with Gasteiger partial charge in [0.2, 0.25) is 5.91 Å². The van der Waals surface area contributed by atoms with Gasteiger partial charge in [-0.2, -0.15) is 0 Å². The van der Waals surface area contributed by atoms with Gasteiger partial charge >= 0.3 is 0 Å². The highest BCUT2D eigenvalue weighted by atomic mass is 35.5. The summed E-state index contributed by atoms with van der Waals surface area (Å²) in [5.41, 5.74) is 1.70. The highest BCUT2D eigenvalue weighted by molar-refractivity contribution is 7.98. The molecule has 2 aliphatic heterocycles. The van der Waals surface area contributed by atoms with Crippen molar-refractivity contribution in [2.24, 2.45) is 5.92 Å². The number of halogens is 1. The summed E-state index contributed by atoms with van der Waals surface area (Å²) in [5, 5.41) is 1.10. The minimum absolute atomic E-state index is 0.00525. The summed E-state index contributed by atoms with van der Waals surface area (Å²) in [5.74, 6) is 2.35. The molecule has 0 N–H and O–H groups in total. The molecule has 0 radical (unpaired) electrons. The Hall–Kier alpha value is -2.32. The molecular weight excluding hydrogens is 458 g/mol. The molecule has 0 spiro atoms. The first kappa shape index (κ1) is 23.8. The lowest BCUT2D eigenvalue weighted by atomic mass is 9.99. The molecule has 2 saturated heterocycles. The number of anilines is 1. The standard InChI is InChI=1S/C24H30ClN5O2S/c1-17-6-8-29(9-7-17)22-15-21(25)26-24(27-22)33-16-19-4-3-5-20(14-19)23(32)30-12-10-28(11-13-30)18(2)31/h3-5,14-15,17H,6-13,16H2,1-2H3. The molecular formula is C24H30ClN5O2S. The summed E-state index contributed by atoms with van der Waals surface area (Å²) < 4.78 is 0. The minimum atomic E-state index is 0.00525. The second kappa shape index (κ2) is 10.7. The summed E-state index contributed by atoms with van der Waals surface area (Å²) in [4.78, 5) is 39.5. The van der Waals surface area contributed by atoms with E-state index < -0.39 is 0 Å². The zero-order valence-electron chi connectivity index (χ0n) is 19.2. The van der Waals surface area contributed by atoms with E-state index in [1.165, 1.54) is 11.8 Å². The number of carbonyl (C=O) groups is 2. The smallest absolute Gasteiger partial charge is 0.253 e. The minimum Gasteiger partial charge on any atom is -0.356 e. The Labute approximate surface area is 204 Å². The third-order valence-corrected chi connectivity index (χ3v) is 7.43. The van der Waals surface area contributed by atoms with Crippen LogP contribution in [0.5, 0.6) is 0 Å². The number of hydrogen-bond donors (Lipinski definition) is 0. The Morgan fingerprint density at radius 1 is 1.03 bits per heavy atom. The van der Waals surface area contributed by atoms with Gasteiger partial charge in [-0.1, -0.05) is 42.4 Å². The van der Waals surface area contributed by atoms with E-state index in [2.05, 4.69) is 16.8 Å². The van der Waals surface area contributed by atoms with E-state index in [1.807, 2.05) is 35.2 Å². The molecule has 2 amide bonds. The van der Waals surface area contributed by atoms with Crippen molar-refractivity contribution in [1.29, 1.82) is 0 Å². The van der Waals surface area contributed by atoms with Gasteiger partial charge in [0.25, 0.3) is 5.91 Å². The number of amides is 2. The van der Waals surface area contributed by atoms with Crippen LogP contribution >= 0.6 is 23.4 Å². The number of piperazine rings is 1. The third-order valence-electron chi connectivity index (χ3n) is 6.32. The van der Waals surface area contributed by atoms with E-state index >= 15 is 0 Å². The van der Waals surface area contributed by atoms with Crippen molar-refractivity contribution in [1.82, 2.24) is 19.8 Å². The maximum atomic E-state index is 13.0. The highest BCUT2D eigenvalue weighted by Crippen LogP contribution is 2.27. The molecule has 33 heavy (non-hydrogen) atoms. The van der Waals surface area contributed by atoms with E-state index in [9.17, 15) is 9.59 Å². The molecule has 9 heteroatoms. The van der Waals surface area contributed by atoms with Gasteiger partial charge in [0.15, 0.2) is 5.16 Å². The zero-order valence-corrected chi connectivity index (χ0v) is 20.7. The number of rotatable bonds is 5. The van der Waals surface area contributed by atoms with Crippen molar-refractivity contribution in [2.75, 3.05) is 44.2 Å². The molecule has 2 fully saturated rings. The van der Waals surface area contributed by atoms with E-state index in [-0.39, 0.29) is 11.8 Å². The first-order valence-electron chi connectivity index (χ1n) is 11.4. The van der Waals surface area contributed by atoms with Crippen molar-refractivity contribution >= 4 is 41.0 Å². The molecule has 1 aromatic carbocycles. The predicted molar refractivity (Wildman–Crippen MR) is 132 cm³/mol. The van der Waals surface area contributed by atoms with E-state index in [1.54, 1.807) is 11.8 Å². The molecule has 7 nitrogen and oxygen atoms in total. The topological polar surface area (TPSA) is 69.6 Å². The molecule has 4 rings (SSSR count). The molecule has 0 unspecified atom stereocenters. The molecule has 0 atom stereocenters. The number of thioether (sulfide) groups is 1. The predicted octanol–water partition coefficient (Wildman–Crippen LogP) is 3.96. The number of aromatic nitrogens is 2. The summed E-state index contributed by atoms with van der Waals surface area (Å²) in [6.07, 6.45) is 2.32. The van der Waals surface area contributed by atoms with Gasteiger partial charge in [0.1, 0.15) is 11.0 Å². The van der Waals surface area contributed by atoms with Crippen LogP contribution in [-0.4, -0.2) is 70.9 Å². The fraction of sp³-hybridized carbons (Fsp3) is 0.500. The number of nitrogens with zero attached hydrogens (tertiary/aromatic N) is 5. The van der Waals surface area contributed by atoms with Crippen molar-refractivity contribution in [2.45, 2.75) is 37.6 Å². The monoisotopic (exact) mass is 487 g/mol. The lowest BCUT2D eigenvalue weighted by Gasteiger charge is -2.34. The van der Waals surface area contributed by atoms with Crippen molar-refractivity contribution in [3.05, 3.63) is 46.6 Å². The average molecular weight is 488 g/mol. The van der Waals surface area contributed by atoms with Crippen LogP contribution in [0.15, 0.2) is 35.5 Å². The summed E-state index contributed by atoms with van der Waals surface area (Å²) in [6, 6.07) is 9.54. The second-order valence-corrected chi connectivity index (χ2v) is 10.1. The Morgan fingerprint density at radius 2 is 1.73 bits per heavy atom.